The molecule has 0 fully saturated rings. The Hall–Kier alpha value is -2.34. The molecule has 110 valence electrons. The second kappa shape index (κ2) is 6.41. The van der Waals surface area contributed by atoms with Crippen molar-refractivity contribution in [3.8, 4) is 5.75 Å². The first-order chi connectivity index (χ1) is 9.99. The van der Waals surface area contributed by atoms with E-state index < -0.39 is 5.91 Å². The van der Waals surface area contributed by atoms with E-state index in [0.29, 0.717) is 16.3 Å². The van der Waals surface area contributed by atoms with Crippen molar-refractivity contribution in [2.45, 2.75) is 13.8 Å². The number of primary amides is 1. The molecule has 2 rings (SSSR count). The van der Waals surface area contributed by atoms with Crippen LogP contribution in [0.3, 0.4) is 0 Å². The molecule has 1 aromatic carbocycles. The van der Waals surface area contributed by atoms with Crippen LogP contribution in [0.2, 0.25) is 0 Å². The molecular formula is C15H16N2O3S. The van der Waals surface area contributed by atoms with Gasteiger partial charge < -0.3 is 15.8 Å². The van der Waals surface area contributed by atoms with Crippen LogP contribution in [-0.4, -0.2) is 18.4 Å². The zero-order chi connectivity index (χ0) is 15.4. The molecule has 2 amide bonds. The zero-order valence-corrected chi connectivity index (χ0v) is 12.6. The Morgan fingerprint density at radius 1 is 1.24 bits per heavy atom. The number of hydrogen-bond donors (Lipinski definition) is 2. The summed E-state index contributed by atoms with van der Waals surface area (Å²) in [6, 6.07) is 9.04. The number of carbonyl (C=O) groups is 2. The van der Waals surface area contributed by atoms with Crippen molar-refractivity contribution in [2.24, 2.45) is 5.73 Å². The summed E-state index contributed by atoms with van der Waals surface area (Å²) in [4.78, 5) is 24.3. The Morgan fingerprint density at radius 3 is 2.52 bits per heavy atom. The van der Waals surface area contributed by atoms with Gasteiger partial charge >= 0.3 is 0 Å². The number of aryl methyl sites for hydroxylation is 1. The largest absolute Gasteiger partial charge is 0.484 e. The van der Waals surface area contributed by atoms with E-state index in [0.717, 1.165) is 10.4 Å². The number of nitrogens with one attached hydrogen (secondary N) is 1. The summed E-state index contributed by atoms with van der Waals surface area (Å²) in [5.41, 5.74) is 6.52. The standard InChI is InChI=1S/C15H16N2O3S/c1-9-10(2)21-15(13(9)14(16)19)17-12(18)8-20-11-6-4-3-5-7-11/h3-7H,8H2,1-2H3,(H2,16,19)(H,17,18). The molecule has 0 aliphatic rings. The molecule has 3 N–H and O–H groups in total. The highest BCUT2D eigenvalue weighted by molar-refractivity contribution is 7.16. The lowest BCUT2D eigenvalue weighted by Crippen LogP contribution is -2.22. The molecule has 0 radical (unpaired) electrons. The van der Waals surface area contributed by atoms with Gasteiger partial charge in [0.05, 0.1) is 5.56 Å². The lowest BCUT2D eigenvalue weighted by Gasteiger charge is -2.07. The van der Waals surface area contributed by atoms with Crippen LogP contribution in [0.5, 0.6) is 5.75 Å². The van der Waals surface area contributed by atoms with Gasteiger partial charge in [0.2, 0.25) is 0 Å². The van der Waals surface area contributed by atoms with Crippen LogP contribution < -0.4 is 15.8 Å². The summed E-state index contributed by atoms with van der Waals surface area (Å²) in [5.74, 6) is -0.264. The summed E-state index contributed by atoms with van der Waals surface area (Å²) in [6.45, 7) is 3.56. The molecule has 1 heterocycles. The Bertz CT molecular complexity index is 665. The molecule has 2 aromatic rings. The number of carbonyl (C=O) groups excluding carboxylic acids is 2. The van der Waals surface area contributed by atoms with Crippen LogP contribution in [0.25, 0.3) is 0 Å². The summed E-state index contributed by atoms with van der Waals surface area (Å²) < 4.78 is 5.35. The molecule has 1 aromatic heterocycles. The first kappa shape index (κ1) is 15.1. The van der Waals surface area contributed by atoms with Gasteiger partial charge in [-0.15, -0.1) is 11.3 Å². The van der Waals surface area contributed by atoms with Crippen molar-refractivity contribution in [1.82, 2.24) is 0 Å². The first-order valence-electron chi connectivity index (χ1n) is 6.36. The molecule has 0 atom stereocenters. The predicted molar refractivity (Wildman–Crippen MR) is 82.9 cm³/mol. The van der Waals surface area contributed by atoms with Crippen molar-refractivity contribution in [2.75, 3.05) is 11.9 Å². The van der Waals surface area contributed by atoms with Gasteiger partial charge in [-0.25, -0.2) is 0 Å². The quantitative estimate of drug-likeness (QED) is 0.890. The number of benzene rings is 1. The lowest BCUT2D eigenvalue weighted by atomic mass is 10.1. The van der Waals surface area contributed by atoms with E-state index in [4.69, 9.17) is 10.5 Å². The number of amides is 2. The molecule has 6 heteroatoms. The average molecular weight is 304 g/mol. The number of nitrogens with two attached hydrogens (primary N) is 1. The van der Waals surface area contributed by atoms with Gasteiger partial charge in [-0.05, 0) is 31.5 Å². The molecule has 0 aliphatic heterocycles. The van der Waals surface area contributed by atoms with Gasteiger partial charge in [0.25, 0.3) is 11.8 Å². The smallest absolute Gasteiger partial charge is 0.262 e. The summed E-state index contributed by atoms with van der Waals surface area (Å²) in [7, 11) is 0. The van der Waals surface area contributed by atoms with E-state index in [1.807, 2.05) is 32.0 Å². The number of para-hydroxylation sites is 1. The fourth-order valence-corrected chi connectivity index (χ4v) is 2.92. The van der Waals surface area contributed by atoms with Crippen molar-refractivity contribution in [1.29, 1.82) is 0 Å². The monoisotopic (exact) mass is 304 g/mol. The third-order valence-electron chi connectivity index (χ3n) is 3.00. The van der Waals surface area contributed by atoms with E-state index in [1.165, 1.54) is 11.3 Å². The van der Waals surface area contributed by atoms with E-state index >= 15 is 0 Å². The van der Waals surface area contributed by atoms with Crippen molar-refractivity contribution < 1.29 is 14.3 Å². The Morgan fingerprint density at radius 2 is 1.90 bits per heavy atom. The zero-order valence-electron chi connectivity index (χ0n) is 11.8. The van der Waals surface area contributed by atoms with E-state index in [2.05, 4.69) is 5.32 Å². The maximum atomic E-state index is 11.9. The van der Waals surface area contributed by atoms with Crippen LogP contribution in [0.4, 0.5) is 5.00 Å². The number of rotatable bonds is 5. The third-order valence-corrected chi connectivity index (χ3v) is 4.12. The van der Waals surface area contributed by atoms with Gasteiger partial charge in [-0.3, -0.25) is 9.59 Å². The van der Waals surface area contributed by atoms with Gasteiger partial charge in [0, 0.05) is 4.88 Å². The normalized spacial score (nSPS) is 10.2. The van der Waals surface area contributed by atoms with Gasteiger partial charge in [-0.1, -0.05) is 18.2 Å². The minimum atomic E-state index is -0.545. The van der Waals surface area contributed by atoms with Gasteiger partial charge in [0.15, 0.2) is 6.61 Å². The third kappa shape index (κ3) is 3.61. The Kier molecular flexibility index (Phi) is 4.59. The van der Waals surface area contributed by atoms with Crippen LogP contribution in [0.15, 0.2) is 30.3 Å². The second-order valence-electron chi connectivity index (χ2n) is 4.50. The number of hydrogen-bond acceptors (Lipinski definition) is 4. The molecule has 0 bridgehead atoms. The van der Waals surface area contributed by atoms with Crippen LogP contribution in [0.1, 0.15) is 20.8 Å². The first-order valence-corrected chi connectivity index (χ1v) is 7.18. The molecule has 0 saturated heterocycles. The van der Waals surface area contributed by atoms with Gasteiger partial charge in [0.1, 0.15) is 10.8 Å². The molecule has 0 spiro atoms. The highest BCUT2D eigenvalue weighted by Crippen LogP contribution is 2.31. The Labute approximate surface area is 126 Å². The maximum Gasteiger partial charge on any atom is 0.262 e. The summed E-state index contributed by atoms with van der Waals surface area (Å²) >= 11 is 1.33. The fraction of sp³-hybridized carbons (Fsp3) is 0.200. The molecule has 5 nitrogen and oxygen atoms in total. The van der Waals surface area contributed by atoms with E-state index in [9.17, 15) is 9.59 Å². The highest BCUT2D eigenvalue weighted by atomic mass is 32.1. The molecule has 0 saturated carbocycles. The van der Waals surface area contributed by atoms with Crippen LogP contribution in [-0.2, 0) is 4.79 Å². The minimum absolute atomic E-state index is 0.127. The van der Waals surface area contributed by atoms with Crippen molar-refractivity contribution in [3.63, 3.8) is 0 Å². The molecule has 0 aliphatic carbocycles. The molecule has 21 heavy (non-hydrogen) atoms. The molecule has 0 unspecified atom stereocenters. The van der Waals surface area contributed by atoms with Gasteiger partial charge in [-0.2, -0.15) is 0 Å². The maximum absolute atomic E-state index is 11.9. The minimum Gasteiger partial charge on any atom is -0.484 e. The molecular weight excluding hydrogens is 288 g/mol. The number of thiophene rings is 1. The van der Waals surface area contributed by atoms with Crippen molar-refractivity contribution in [3.05, 3.63) is 46.3 Å². The SMILES string of the molecule is Cc1sc(NC(=O)COc2ccccc2)c(C(N)=O)c1C. The predicted octanol–water partition coefficient (Wildman–Crippen LogP) is 2.48. The second-order valence-corrected chi connectivity index (χ2v) is 5.73. The fourth-order valence-electron chi connectivity index (χ4n) is 1.84. The Balaban J connectivity index is 2.03. The highest BCUT2D eigenvalue weighted by Gasteiger charge is 2.18. The van der Waals surface area contributed by atoms with E-state index in [-0.39, 0.29) is 12.5 Å². The number of anilines is 1. The van der Waals surface area contributed by atoms with Crippen molar-refractivity contribution >= 4 is 28.2 Å². The van der Waals surface area contributed by atoms with Crippen LogP contribution >= 0.6 is 11.3 Å². The number of ether oxygens (including phenoxy) is 1. The summed E-state index contributed by atoms with van der Waals surface area (Å²) in [5, 5.41) is 3.15. The average Bonchev–Trinajstić information content (AvgIpc) is 2.72. The summed E-state index contributed by atoms with van der Waals surface area (Å²) in [6.07, 6.45) is 0. The van der Waals surface area contributed by atoms with Crippen LogP contribution in [0, 0.1) is 13.8 Å². The van der Waals surface area contributed by atoms with E-state index in [1.54, 1.807) is 12.1 Å². The lowest BCUT2D eigenvalue weighted by molar-refractivity contribution is -0.118. The topological polar surface area (TPSA) is 81.4 Å².